The van der Waals surface area contributed by atoms with Crippen molar-refractivity contribution in [2.45, 2.75) is 52.4 Å². The first-order chi connectivity index (χ1) is 22.6. The SMILES string of the molecule is Cc1sc(-c2ccc3c(c2)C(C)(C)c2ccccc2-3)cc1C1=C(c2cc(-c3ccc4c(c3)C(C)(C)c3ccccc3-4)sc2C)CSC1. The van der Waals surface area contributed by atoms with E-state index in [1.165, 1.54) is 97.4 Å². The highest BCUT2D eigenvalue weighted by Crippen LogP contribution is 2.52. The van der Waals surface area contributed by atoms with Crippen LogP contribution in [0.2, 0.25) is 0 Å². The van der Waals surface area contributed by atoms with Crippen LogP contribution in [-0.2, 0) is 10.8 Å². The molecule has 3 aliphatic rings. The molecule has 232 valence electrons. The molecule has 2 aliphatic carbocycles. The summed E-state index contributed by atoms with van der Waals surface area (Å²) in [5.74, 6) is 2.16. The maximum atomic E-state index is 2.49. The zero-order chi connectivity index (χ0) is 32.2. The molecule has 0 saturated heterocycles. The summed E-state index contributed by atoms with van der Waals surface area (Å²) in [6, 6.07) is 37.2. The number of aryl methyl sites for hydroxylation is 2. The zero-order valence-corrected chi connectivity index (χ0v) is 30.3. The number of rotatable bonds is 4. The van der Waals surface area contributed by atoms with Crippen LogP contribution in [0.15, 0.2) is 97.1 Å². The summed E-state index contributed by atoms with van der Waals surface area (Å²) in [6.07, 6.45) is 0. The maximum Gasteiger partial charge on any atom is 0.0351 e. The van der Waals surface area contributed by atoms with Gasteiger partial charge in [-0.15, -0.1) is 22.7 Å². The van der Waals surface area contributed by atoms with Gasteiger partial charge in [0.15, 0.2) is 0 Å². The molecule has 0 spiro atoms. The molecule has 0 atom stereocenters. The molecule has 4 aromatic carbocycles. The van der Waals surface area contributed by atoms with Crippen LogP contribution >= 0.6 is 34.4 Å². The maximum absolute atomic E-state index is 2.49. The summed E-state index contributed by atoms with van der Waals surface area (Å²) in [7, 11) is 0. The molecule has 2 aromatic heterocycles. The predicted molar refractivity (Wildman–Crippen MR) is 208 cm³/mol. The Morgan fingerprint density at radius 2 is 0.851 bits per heavy atom. The Labute approximate surface area is 291 Å². The third-order valence-electron chi connectivity index (χ3n) is 11.1. The van der Waals surface area contributed by atoms with Crippen LogP contribution in [0.25, 0.3) is 54.3 Å². The monoisotopic (exact) mass is 662 g/mol. The fourth-order valence-electron chi connectivity index (χ4n) is 8.47. The van der Waals surface area contributed by atoms with Gasteiger partial charge in [0.05, 0.1) is 0 Å². The molecule has 1 aliphatic heterocycles. The van der Waals surface area contributed by atoms with Crippen molar-refractivity contribution in [3.05, 3.63) is 140 Å². The highest BCUT2D eigenvalue weighted by molar-refractivity contribution is 8.00. The van der Waals surface area contributed by atoms with Crippen LogP contribution in [0.4, 0.5) is 0 Å². The molecular weight excluding hydrogens is 625 g/mol. The molecule has 0 N–H and O–H groups in total. The molecule has 0 unspecified atom stereocenters. The van der Waals surface area contributed by atoms with E-state index >= 15 is 0 Å². The highest BCUT2D eigenvalue weighted by atomic mass is 32.2. The van der Waals surface area contributed by atoms with Crippen LogP contribution in [-0.4, -0.2) is 11.5 Å². The largest absolute Gasteiger partial charge is 0.152 e. The lowest BCUT2D eigenvalue weighted by molar-refractivity contribution is 0.660. The molecule has 3 heterocycles. The van der Waals surface area contributed by atoms with Gasteiger partial charge in [-0.1, -0.05) is 100 Å². The quantitative estimate of drug-likeness (QED) is 0.181. The summed E-state index contributed by atoms with van der Waals surface area (Å²) >= 11 is 5.97. The Morgan fingerprint density at radius 1 is 0.447 bits per heavy atom. The van der Waals surface area contributed by atoms with E-state index in [1.54, 1.807) is 0 Å². The minimum absolute atomic E-state index is 0.0155. The molecule has 0 radical (unpaired) electrons. The lowest BCUT2D eigenvalue weighted by atomic mass is 9.82. The second-order valence-corrected chi connectivity index (χ2v) is 18.0. The second kappa shape index (κ2) is 10.4. The first-order valence-electron chi connectivity index (χ1n) is 16.6. The molecule has 9 rings (SSSR count). The summed E-state index contributed by atoms with van der Waals surface area (Å²) in [4.78, 5) is 5.60. The van der Waals surface area contributed by atoms with Gasteiger partial charge in [0, 0.05) is 41.8 Å². The topological polar surface area (TPSA) is 0 Å². The van der Waals surface area contributed by atoms with E-state index in [4.69, 9.17) is 0 Å². The van der Waals surface area contributed by atoms with Crippen molar-refractivity contribution in [1.82, 2.24) is 0 Å². The van der Waals surface area contributed by atoms with Gasteiger partial charge in [0.25, 0.3) is 0 Å². The first-order valence-corrected chi connectivity index (χ1v) is 19.4. The van der Waals surface area contributed by atoms with Crippen molar-refractivity contribution in [3.8, 4) is 43.1 Å². The van der Waals surface area contributed by atoms with E-state index in [0.717, 1.165) is 11.5 Å². The molecule has 0 saturated carbocycles. The van der Waals surface area contributed by atoms with Crippen molar-refractivity contribution in [2.75, 3.05) is 11.5 Å². The minimum atomic E-state index is 0.0155. The first kappa shape index (κ1) is 29.5. The number of thiophene rings is 2. The van der Waals surface area contributed by atoms with Crippen molar-refractivity contribution in [3.63, 3.8) is 0 Å². The third-order valence-corrected chi connectivity index (χ3v) is 14.3. The van der Waals surface area contributed by atoms with Gasteiger partial charge in [-0.2, -0.15) is 11.8 Å². The summed E-state index contributed by atoms with van der Waals surface area (Å²) < 4.78 is 0. The van der Waals surface area contributed by atoms with E-state index in [2.05, 4.69) is 150 Å². The van der Waals surface area contributed by atoms with Crippen LogP contribution in [0, 0.1) is 13.8 Å². The fraction of sp³-hybridized carbons (Fsp3) is 0.227. The second-order valence-electron chi connectivity index (χ2n) is 14.5. The van der Waals surface area contributed by atoms with Gasteiger partial charge < -0.3 is 0 Å². The van der Waals surface area contributed by atoms with Gasteiger partial charge in [0.2, 0.25) is 0 Å². The molecule has 3 heteroatoms. The van der Waals surface area contributed by atoms with Crippen LogP contribution in [0.5, 0.6) is 0 Å². The average Bonchev–Trinajstić information content (AvgIpc) is 3.88. The number of benzene rings is 4. The summed E-state index contributed by atoms with van der Waals surface area (Å²) in [6.45, 7) is 14.1. The Balaban J connectivity index is 1.08. The van der Waals surface area contributed by atoms with E-state index in [0.29, 0.717) is 0 Å². The lowest BCUT2D eigenvalue weighted by Gasteiger charge is -2.21. The standard InChI is InChI=1S/C44H38S3/c1-25-33(21-41(46-25)27-15-17-31-29-11-7-9-13-37(29)43(3,4)39(31)19-27)35-23-45-24-36(35)34-22-42(47-26(34)2)28-16-18-32-30-12-8-10-14-38(30)44(5,6)40(32)20-28/h7-22H,23-24H2,1-6H3. The van der Waals surface area contributed by atoms with Gasteiger partial charge in [-0.25, -0.2) is 0 Å². The average molecular weight is 663 g/mol. The predicted octanol–water partition coefficient (Wildman–Crippen LogP) is 13.0. The number of thioether (sulfide) groups is 1. The normalized spacial score (nSPS) is 16.7. The molecule has 6 aromatic rings. The Kier molecular flexibility index (Phi) is 6.55. The number of hydrogen-bond acceptors (Lipinski definition) is 3. The van der Waals surface area contributed by atoms with Crippen LogP contribution in [0.3, 0.4) is 0 Å². The zero-order valence-electron chi connectivity index (χ0n) is 27.9. The van der Waals surface area contributed by atoms with Crippen LogP contribution < -0.4 is 0 Å². The molecule has 0 amide bonds. The smallest absolute Gasteiger partial charge is 0.0351 e. The fourth-order valence-corrected chi connectivity index (χ4v) is 11.7. The molecule has 0 bridgehead atoms. The van der Waals surface area contributed by atoms with Crippen molar-refractivity contribution < 1.29 is 0 Å². The van der Waals surface area contributed by atoms with E-state index in [9.17, 15) is 0 Å². The summed E-state index contributed by atoms with van der Waals surface area (Å²) in [5, 5.41) is 0. The Hall–Kier alpha value is -3.63. The van der Waals surface area contributed by atoms with Crippen LogP contribution in [0.1, 0.15) is 70.8 Å². The molecule has 0 nitrogen and oxygen atoms in total. The molecular formula is C44H38S3. The van der Waals surface area contributed by atoms with E-state index in [-0.39, 0.29) is 10.8 Å². The van der Waals surface area contributed by atoms with Crippen molar-refractivity contribution in [2.24, 2.45) is 0 Å². The van der Waals surface area contributed by atoms with Gasteiger partial charge >= 0.3 is 0 Å². The van der Waals surface area contributed by atoms with E-state index in [1.807, 2.05) is 22.7 Å². The lowest BCUT2D eigenvalue weighted by Crippen LogP contribution is -2.14. The molecule has 47 heavy (non-hydrogen) atoms. The van der Waals surface area contributed by atoms with Gasteiger partial charge in [-0.3, -0.25) is 0 Å². The minimum Gasteiger partial charge on any atom is -0.152 e. The third kappa shape index (κ3) is 4.32. The Bertz CT molecular complexity index is 2140. The number of fused-ring (bicyclic) bond motifs is 6. The van der Waals surface area contributed by atoms with E-state index < -0.39 is 0 Å². The summed E-state index contributed by atoms with van der Waals surface area (Å²) in [5.41, 5.74) is 20.0. The van der Waals surface area contributed by atoms with Gasteiger partial charge in [-0.05, 0) is 116 Å². The van der Waals surface area contributed by atoms with Gasteiger partial charge in [0.1, 0.15) is 0 Å². The molecule has 0 fully saturated rings. The Morgan fingerprint density at radius 3 is 1.30 bits per heavy atom. The number of hydrogen-bond donors (Lipinski definition) is 0. The van der Waals surface area contributed by atoms with Crippen molar-refractivity contribution >= 4 is 45.6 Å². The highest BCUT2D eigenvalue weighted by Gasteiger charge is 2.36. The van der Waals surface area contributed by atoms with Crippen molar-refractivity contribution in [1.29, 1.82) is 0 Å².